The number of piperazine rings is 1. The van der Waals surface area contributed by atoms with Gasteiger partial charge in [-0.3, -0.25) is 0 Å². The van der Waals surface area contributed by atoms with E-state index in [0.717, 1.165) is 35.7 Å². The van der Waals surface area contributed by atoms with Gasteiger partial charge in [0, 0.05) is 57.1 Å². The molecule has 9 heteroatoms. The van der Waals surface area contributed by atoms with E-state index in [1.807, 2.05) is 32.9 Å². The normalized spacial score (nSPS) is 18.1. The van der Waals surface area contributed by atoms with Crippen molar-refractivity contribution in [2.24, 2.45) is 0 Å². The van der Waals surface area contributed by atoms with Gasteiger partial charge in [-0.1, -0.05) is 6.07 Å². The highest BCUT2D eigenvalue weighted by molar-refractivity contribution is 7.89. The molecule has 174 valence electrons. The fraction of sp³-hybridized carbons (Fsp3) is 0.565. The number of hydrogen-bond acceptors (Lipinski definition) is 7. The molecule has 2 saturated heterocycles. The van der Waals surface area contributed by atoms with Crippen LogP contribution in [0.5, 0.6) is 5.75 Å². The van der Waals surface area contributed by atoms with Crippen molar-refractivity contribution in [2.45, 2.75) is 44.9 Å². The van der Waals surface area contributed by atoms with Gasteiger partial charge < -0.3 is 14.5 Å². The van der Waals surface area contributed by atoms with Gasteiger partial charge in [0.15, 0.2) is 0 Å². The molecule has 32 heavy (non-hydrogen) atoms. The third-order valence-electron chi connectivity index (χ3n) is 6.34. The van der Waals surface area contributed by atoms with E-state index in [1.165, 1.54) is 19.3 Å². The zero-order valence-corrected chi connectivity index (χ0v) is 20.3. The van der Waals surface area contributed by atoms with Gasteiger partial charge >= 0.3 is 0 Å². The minimum atomic E-state index is -3.60. The van der Waals surface area contributed by atoms with Gasteiger partial charge in [0.2, 0.25) is 16.0 Å². The van der Waals surface area contributed by atoms with Crippen LogP contribution in [0.15, 0.2) is 23.1 Å². The van der Waals surface area contributed by atoms with Crippen LogP contribution in [0.4, 0.5) is 11.8 Å². The lowest BCUT2D eigenvalue weighted by Gasteiger charge is -2.35. The zero-order chi connectivity index (χ0) is 22.9. The highest BCUT2D eigenvalue weighted by atomic mass is 32.2. The topological polar surface area (TPSA) is 78.9 Å². The van der Waals surface area contributed by atoms with E-state index >= 15 is 0 Å². The molecular formula is C23H33N5O3S. The summed E-state index contributed by atoms with van der Waals surface area (Å²) in [6, 6.07) is 5.55. The Kier molecular flexibility index (Phi) is 6.57. The van der Waals surface area contributed by atoms with Gasteiger partial charge in [-0.15, -0.1) is 0 Å². The van der Waals surface area contributed by atoms with Crippen LogP contribution in [-0.4, -0.2) is 69.1 Å². The van der Waals surface area contributed by atoms with E-state index in [-0.39, 0.29) is 0 Å². The van der Waals surface area contributed by atoms with E-state index in [0.29, 0.717) is 42.8 Å². The van der Waals surface area contributed by atoms with Gasteiger partial charge in [-0.05, 0) is 51.2 Å². The molecule has 0 saturated carbocycles. The summed E-state index contributed by atoms with van der Waals surface area (Å²) >= 11 is 0. The number of ether oxygens (including phenoxy) is 1. The van der Waals surface area contributed by atoms with Crippen LogP contribution in [0.2, 0.25) is 0 Å². The second kappa shape index (κ2) is 9.23. The Morgan fingerprint density at radius 2 is 1.50 bits per heavy atom. The number of rotatable bonds is 5. The number of benzene rings is 1. The smallest absolute Gasteiger partial charge is 0.243 e. The second-order valence-electron chi connectivity index (χ2n) is 8.69. The molecule has 0 spiro atoms. The first-order chi connectivity index (χ1) is 15.3. The van der Waals surface area contributed by atoms with E-state index in [9.17, 15) is 8.42 Å². The largest absolute Gasteiger partial charge is 0.496 e. The molecule has 2 fully saturated rings. The first-order valence-electron chi connectivity index (χ1n) is 11.3. The Morgan fingerprint density at radius 3 is 2.16 bits per heavy atom. The molecule has 3 heterocycles. The van der Waals surface area contributed by atoms with Crippen LogP contribution in [0.25, 0.3) is 0 Å². The second-order valence-corrected chi connectivity index (χ2v) is 10.6. The van der Waals surface area contributed by atoms with E-state index in [1.54, 1.807) is 17.5 Å². The standard InChI is InChI=1S/C23H33N5O3S/c1-17-14-18(2)21(16-20(17)31-4)32(29,30)28-12-10-27(11-13-28)23-24-19(3)15-22(25-23)26-8-6-5-7-9-26/h14-16H,5-13H2,1-4H3. The van der Waals surface area contributed by atoms with Crippen molar-refractivity contribution in [2.75, 3.05) is 56.2 Å². The summed E-state index contributed by atoms with van der Waals surface area (Å²) in [7, 11) is -2.04. The highest BCUT2D eigenvalue weighted by Gasteiger charge is 2.31. The average Bonchev–Trinajstić information content (AvgIpc) is 2.79. The third kappa shape index (κ3) is 4.54. The molecule has 0 aliphatic carbocycles. The molecule has 0 radical (unpaired) electrons. The lowest BCUT2D eigenvalue weighted by atomic mass is 10.1. The number of piperidine rings is 1. The van der Waals surface area contributed by atoms with Crippen LogP contribution in [0.1, 0.15) is 36.1 Å². The van der Waals surface area contributed by atoms with Crippen LogP contribution in [0.3, 0.4) is 0 Å². The molecule has 0 unspecified atom stereocenters. The molecule has 0 bridgehead atoms. The first kappa shape index (κ1) is 22.8. The molecule has 4 rings (SSSR count). The molecule has 1 aromatic carbocycles. The van der Waals surface area contributed by atoms with Crippen molar-refractivity contribution >= 4 is 21.8 Å². The summed E-state index contributed by atoms with van der Waals surface area (Å²) in [5.74, 6) is 2.26. The molecule has 0 N–H and O–H groups in total. The zero-order valence-electron chi connectivity index (χ0n) is 19.5. The first-order valence-corrected chi connectivity index (χ1v) is 12.7. The number of nitrogens with zero attached hydrogens (tertiary/aromatic N) is 5. The summed E-state index contributed by atoms with van der Waals surface area (Å²) < 4.78 is 33.6. The molecule has 0 amide bonds. The van der Waals surface area contributed by atoms with Crippen molar-refractivity contribution < 1.29 is 13.2 Å². The van der Waals surface area contributed by atoms with Crippen LogP contribution >= 0.6 is 0 Å². The monoisotopic (exact) mass is 459 g/mol. The van der Waals surface area contributed by atoms with Gasteiger partial charge in [-0.2, -0.15) is 9.29 Å². The predicted octanol–water partition coefficient (Wildman–Crippen LogP) is 2.91. The number of aromatic nitrogens is 2. The maximum Gasteiger partial charge on any atom is 0.243 e. The van der Waals surface area contributed by atoms with E-state index in [2.05, 4.69) is 14.8 Å². The van der Waals surface area contributed by atoms with Crippen LogP contribution in [0, 0.1) is 20.8 Å². The van der Waals surface area contributed by atoms with Gasteiger partial charge in [0.25, 0.3) is 0 Å². The number of methoxy groups -OCH3 is 1. The average molecular weight is 460 g/mol. The summed E-state index contributed by atoms with van der Waals surface area (Å²) in [5.41, 5.74) is 2.60. The molecule has 8 nitrogen and oxygen atoms in total. The minimum absolute atomic E-state index is 0.313. The molecular weight excluding hydrogens is 426 g/mol. The lowest BCUT2D eigenvalue weighted by molar-refractivity contribution is 0.381. The van der Waals surface area contributed by atoms with Gasteiger partial charge in [-0.25, -0.2) is 13.4 Å². The number of sulfonamides is 1. The Morgan fingerprint density at radius 1 is 0.812 bits per heavy atom. The molecule has 2 aromatic rings. The number of aryl methyl sites for hydroxylation is 3. The fourth-order valence-corrected chi connectivity index (χ4v) is 6.19. The summed E-state index contributed by atoms with van der Waals surface area (Å²) in [4.78, 5) is 14.2. The fourth-order valence-electron chi connectivity index (χ4n) is 4.54. The van der Waals surface area contributed by atoms with Crippen molar-refractivity contribution in [1.29, 1.82) is 0 Å². The Balaban J connectivity index is 1.50. The van der Waals surface area contributed by atoms with Crippen LogP contribution < -0.4 is 14.5 Å². The molecule has 1 aromatic heterocycles. The minimum Gasteiger partial charge on any atom is -0.496 e. The van der Waals surface area contributed by atoms with Crippen LogP contribution in [-0.2, 0) is 10.0 Å². The van der Waals surface area contributed by atoms with E-state index in [4.69, 9.17) is 9.72 Å². The molecule has 0 atom stereocenters. The Labute approximate surface area is 191 Å². The molecule has 2 aliphatic heterocycles. The summed E-state index contributed by atoms with van der Waals surface area (Å²) in [6.07, 6.45) is 3.66. The summed E-state index contributed by atoms with van der Waals surface area (Å²) in [6.45, 7) is 9.71. The highest BCUT2D eigenvalue weighted by Crippen LogP contribution is 2.29. The SMILES string of the molecule is COc1cc(S(=O)(=O)N2CCN(c3nc(C)cc(N4CCCCC4)n3)CC2)c(C)cc1C. The van der Waals surface area contributed by atoms with Gasteiger partial charge in [0.1, 0.15) is 11.6 Å². The third-order valence-corrected chi connectivity index (χ3v) is 8.38. The quantitative estimate of drug-likeness (QED) is 0.680. The Hall–Kier alpha value is -2.39. The summed E-state index contributed by atoms with van der Waals surface area (Å²) in [5, 5.41) is 0. The van der Waals surface area contributed by atoms with E-state index < -0.39 is 10.0 Å². The maximum absolute atomic E-state index is 13.4. The molecule has 2 aliphatic rings. The van der Waals surface area contributed by atoms with Crippen molar-refractivity contribution in [1.82, 2.24) is 14.3 Å². The predicted molar refractivity (Wildman–Crippen MR) is 126 cm³/mol. The van der Waals surface area contributed by atoms with Gasteiger partial charge in [0.05, 0.1) is 12.0 Å². The van der Waals surface area contributed by atoms with Crippen molar-refractivity contribution in [3.8, 4) is 5.75 Å². The Bertz CT molecular complexity index is 1080. The van der Waals surface area contributed by atoms with Crippen molar-refractivity contribution in [3.63, 3.8) is 0 Å². The maximum atomic E-state index is 13.4. The van der Waals surface area contributed by atoms with Crippen molar-refractivity contribution in [3.05, 3.63) is 35.0 Å². The lowest BCUT2D eigenvalue weighted by Crippen LogP contribution is -2.49. The number of anilines is 2. The number of hydrogen-bond donors (Lipinski definition) is 0.